The van der Waals surface area contributed by atoms with Crippen molar-refractivity contribution in [3.05, 3.63) is 34.9 Å². The molecule has 0 unspecified atom stereocenters. The number of fused-ring (bicyclic) bond motifs is 1. The summed E-state index contributed by atoms with van der Waals surface area (Å²) < 4.78 is 12.2. The van der Waals surface area contributed by atoms with Gasteiger partial charge in [-0.3, -0.25) is 4.90 Å². The first kappa shape index (κ1) is 9.66. The quantitative estimate of drug-likeness (QED) is 0.696. The molecule has 0 aliphatic carbocycles. The van der Waals surface area contributed by atoms with E-state index in [0.29, 0.717) is 6.54 Å². The van der Waals surface area contributed by atoms with Crippen molar-refractivity contribution in [2.24, 2.45) is 0 Å². The molecule has 1 heterocycles. The lowest BCUT2D eigenvalue weighted by Gasteiger charge is -2.27. The molecule has 0 atom stereocenters. The molecule has 1 nitrogen and oxygen atoms in total. The molecular weight excluding hydrogens is 177 g/mol. The van der Waals surface area contributed by atoms with Crippen molar-refractivity contribution in [2.75, 3.05) is 19.8 Å². The van der Waals surface area contributed by atoms with Gasteiger partial charge in [0.1, 0.15) is 6.67 Å². The fourth-order valence-corrected chi connectivity index (χ4v) is 2.05. The minimum absolute atomic E-state index is 0.235. The van der Waals surface area contributed by atoms with Crippen LogP contribution in [0.15, 0.2) is 18.2 Å². The van der Waals surface area contributed by atoms with Gasteiger partial charge in [-0.25, -0.2) is 4.39 Å². The Morgan fingerprint density at radius 1 is 1.36 bits per heavy atom. The molecule has 0 bridgehead atoms. The van der Waals surface area contributed by atoms with Crippen LogP contribution in [0.5, 0.6) is 0 Å². The molecule has 1 aromatic carbocycles. The minimum atomic E-state index is -0.235. The zero-order valence-electron chi connectivity index (χ0n) is 8.59. The van der Waals surface area contributed by atoms with E-state index < -0.39 is 0 Å². The van der Waals surface area contributed by atoms with Crippen molar-refractivity contribution >= 4 is 0 Å². The average Bonchev–Trinajstić information content (AvgIpc) is 2.19. The lowest BCUT2D eigenvalue weighted by Crippen LogP contribution is -2.32. The number of aryl methyl sites for hydroxylation is 1. The van der Waals surface area contributed by atoms with E-state index in [4.69, 9.17) is 0 Å². The maximum atomic E-state index is 12.2. The van der Waals surface area contributed by atoms with Gasteiger partial charge in [-0.1, -0.05) is 23.8 Å². The zero-order valence-corrected chi connectivity index (χ0v) is 8.59. The van der Waals surface area contributed by atoms with E-state index in [-0.39, 0.29) is 6.67 Å². The van der Waals surface area contributed by atoms with Crippen molar-refractivity contribution in [1.82, 2.24) is 4.90 Å². The number of alkyl halides is 1. The smallest absolute Gasteiger partial charge is 0.102 e. The summed E-state index contributed by atoms with van der Waals surface area (Å²) >= 11 is 0. The first-order valence-corrected chi connectivity index (χ1v) is 5.16. The largest absolute Gasteiger partial charge is 0.296 e. The molecule has 2 rings (SSSR count). The molecule has 0 saturated carbocycles. The Balaban J connectivity index is 2.15. The average molecular weight is 193 g/mol. The minimum Gasteiger partial charge on any atom is -0.296 e. The van der Waals surface area contributed by atoms with E-state index in [1.807, 2.05) is 0 Å². The summed E-state index contributed by atoms with van der Waals surface area (Å²) in [5.74, 6) is 0. The molecule has 1 aliphatic rings. The SMILES string of the molecule is Cc1ccc2c(c1)CCN(CCF)C2. The molecule has 14 heavy (non-hydrogen) atoms. The molecule has 1 aromatic rings. The summed E-state index contributed by atoms with van der Waals surface area (Å²) in [5, 5.41) is 0. The van der Waals surface area contributed by atoms with Gasteiger partial charge in [-0.05, 0) is 24.5 Å². The maximum Gasteiger partial charge on any atom is 0.102 e. The summed E-state index contributed by atoms with van der Waals surface area (Å²) in [6.07, 6.45) is 1.07. The normalized spacial score (nSPS) is 16.7. The van der Waals surface area contributed by atoms with Crippen LogP contribution in [0.3, 0.4) is 0 Å². The van der Waals surface area contributed by atoms with E-state index in [1.165, 1.54) is 16.7 Å². The first-order valence-electron chi connectivity index (χ1n) is 5.16. The molecule has 0 N–H and O–H groups in total. The van der Waals surface area contributed by atoms with Gasteiger partial charge < -0.3 is 0 Å². The van der Waals surface area contributed by atoms with Crippen molar-refractivity contribution in [3.8, 4) is 0 Å². The number of halogens is 1. The molecule has 76 valence electrons. The van der Waals surface area contributed by atoms with Crippen molar-refractivity contribution in [2.45, 2.75) is 19.9 Å². The van der Waals surface area contributed by atoms with Crippen LogP contribution in [-0.4, -0.2) is 24.7 Å². The fraction of sp³-hybridized carbons (Fsp3) is 0.500. The summed E-state index contributed by atoms with van der Waals surface area (Å²) in [6, 6.07) is 6.56. The molecule has 0 saturated heterocycles. The van der Waals surface area contributed by atoms with E-state index in [2.05, 4.69) is 30.0 Å². The van der Waals surface area contributed by atoms with Crippen molar-refractivity contribution < 1.29 is 4.39 Å². The maximum absolute atomic E-state index is 12.2. The Bertz CT molecular complexity index is 322. The van der Waals surface area contributed by atoms with Crippen LogP contribution >= 0.6 is 0 Å². The zero-order chi connectivity index (χ0) is 9.97. The third-order valence-electron chi connectivity index (χ3n) is 2.85. The monoisotopic (exact) mass is 193 g/mol. The molecule has 0 radical (unpaired) electrons. The Morgan fingerprint density at radius 3 is 3.00 bits per heavy atom. The Morgan fingerprint density at radius 2 is 2.21 bits per heavy atom. The lowest BCUT2D eigenvalue weighted by molar-refractivity contribution is 0.231. The highest BCUT2D eigenvalue weighted by Gasteiger charge is 2.15. The Labute approximate surface area is 84.5 Å². The third-order valence-corrected chi connectivity index (χ3v) is 2.85. The van der Waals surface area contributed by atoms with Gasteiger partial charge in [0.2, 0.25) is 0 Å². The van der Waals surface area contributed by atoms with E-state index in [0.717, 1.165) is 19.5 Å². The second-order valence-electron chi connectivity index (χ2n) is 3.99. The number of hydrogen-bond donors (Lipinski definition) is 0. The van der Waals surface area contributed by atoms with Crippen LogP contribution in [0.2, 0.25) is 0 Å². The van der Waals surface area contributed by atoms with Crippen molar-refractivity contribution in [1.29, 1.82) is 0 Å². The van der Waals surface area contributed by atoms with Gasteiger partial charge in [0.15, 0.2) is 0 Å². The van der Waals surface area contributed by atoms with Gasteiger partial charge >= 0.3 is 0 Å². The second-order valence-corrected chi connectivity index (χ2v) is 3.99. The molecule has 1 aliphatic heterocycles. The Kier molecular flexibility index (Phi) is 2.82. The summed E-state index contributed by atoms with van der Waals surface area (Å²) in [7, 11) is 0. The third kappa shape index (κ3) is 1.95. The topological polar surface area (TPSA) is 3.24 Å². The van der Waals surface area contributed by atoms with Gasteiger partial charge in [0.05, 0.1) is 0 Å². The van der Waals surface area contributed by atoms with E-state index >= 15 is 0 Å². The Hall–Kier alpha value is -0.890. The molecule has 0 spiro atoms. The van der Waals surface area contributed by atoms with Crippen LogP contribution in [0.4, 0.5) is 4.39 Å². The fourth-order valence-electron chi connectivity index (χ4n) is 2.05. The van der Waals surface area contributed by atoms with Gasteiger partial charge in [-0.2, -0.15) is 0 Å². The highest BCUT2D eigenvalue weighted by atomic mass is 19.1. The molecule has 2 heteroatoms. The highest BCUT2D eigenvalue weighted by molar-refractivity contribution is 5.33. The molecule has 0 aromatic heterocycles. The standard InChI is InChI=1S/C12H16FN/c1-10-2-3-12-9-14(7-5-13)6-4-11(12)8-10/h2-3,8H,4-7,9H2,1H3. The van der Waals surface area contributed by atoms with Gasteiger partial charge in [0.25, 0.3) is 0 Å². The van der Waals surface area contributed by atoms with Crippen molar-refractivity contribution in [3.63, 3.8) is 0 Å². The predicted molar refractivity (Wildman–Crippen MR) is 56.1 cm³/mol. The van der Waals surface area contributed by atoms with E-state index in [1.54, 1.807) is 0 Å². The van der Waals surface area contributed by atoms with Crippen LogP contribution < -0.4 is 0 Å². The number of nitrogens with zero attached hydrogens (tertiary/aromatic N) is 1. The van der Waals surface area contributed by atoms with Gasteiger partial charge in [-0.15, -0.1) is 0 Å². The first-order chi connectivity index (χ1) is 6.79. The lowest BCUT2D eigenvalue weighted by atomic mass is 9.98. The number of hydrogen-bond acceptors (Lipinski definition) is 1. The summed E-state index contributed by atoms with van der Waals surface area (Å²) in [4.78, 5) is 2.18. The molecule has 0 amide bonds. The predicted octanol–water partition coefficient (Wildman–Crippen LogP) is 2.32. The van der Waals surface area contributed by atoms with Crippen LogP contribution in [0.25, 0.3) is 0 Å². The van der Waals surface area contributed by atoms with Crippen LogP contribution in [-0.2, 0) is 13.0 Å². The van der Waals surface area contributed by atoms with Crippen LogP contribution in [0, 0.1) is 6.92 Å². The molecular formula is C12H16FN. The number of rotatable bonds is 2. The highest BCUT2D eigenvalue weighted by Crippen LogP contribution is 2.19. The number of benzene rings is 1. The van der Waals surface area contributed by atoms with Gasteiger partial charge in [0, 0.05) is 19.6 Å². The molecule has 0 fully saturated rings. The van der Waals surface area contributed by atoms with E-state index in [9.17, 15) is 4.39 Å². The summed E-state index contributed by atoms with van der Waals surface area (Å²) in [5.41, 5.74) is 4.14. The summed E-state index contributed by atoms with van der Waals surface area (Å²) in [6.45, 7) is 4.38. The van der Waals surface area contributed by atoms with Crippen LogP contribution in [0.1, 0.15) is 16.7 Å². The second kappa shape index (κ2) is 4.09.